The highest BCUT2D eigenvalue weighted by molar-refractivity contribution is 6.04. The molecule has 1 amide bonds. The van der Waals surface area contributed by atoms with Gasteiger partial charge >= 0.3 is 0 Å². The summed E-state index contributed by atoms with van der Waals surface area (Å²) in [5, 5.41) is 14.9. The molecular weight excluding hydrogens is 324 g/mol. The molecular formula is C21H18N4O. The molecule has 5 heteroatoms. The van der Waals surface area contributed by atoms with Gasteiger partial charge in [-0.15, -0.1) is 0 Å². The quantitative estimate of drug-likeness (QED) is 0.715. The molecule has 1 heterocycles. The van der Waals surface area contributed by atoms with Crippen molar-refractivity contribution < 1.29 is 4.79 Å². The standard InChI is InChI=1S/C21H18N4O/c1-2-15-3-7-19(8-4-15)25-21(26)17-11-20(14-23-13-17)24-18-9-5-16(12-22)6-10-18/h3-11,13-14,24H,2H2,1H3,(H,25,26). The van der Waals surface area contributed by atoms with Gasteiger partial charge in [0.2, 0.25) is 0 Å². The third kappa shape index (κ3) is 4.25. The molecule has 0 saturated carbocycles. The number of nitriles is 1. The first-order valence-electron chi connectivity index (χ1n) is 8.30. The largest absolute Gasteiger partial charge is 0.354 e. The average molecular weight is 342 g/mol. The molecule has 0 bridgehead atoms. The van der Waals surface area contributed by atoms with E-state index in [1.165, 1.54) is 11.8 Å². The Kier molecular flexibility index (Phi) is 5.25. The predicted octanol–water partition coefficient (Wildman–Crippen LogP) is 4.51. The molecule has 0 aliphatic carbocycles. The number of amides is 1. The number of nitrogens with one attached hydrogen (secondary N) is 2. The lowest BCUT2D eigenvalue weighted by atomic mass is 10.1. The van der Waals surface area contributed by atoms with Crippen molar-refractivity contribution in [1.29, 1.82) is 5.26 Å². The summed E-state index contributed by atoms with van der Waals surface area (Å²) >= 11 is 0. The lowest BCUT2D eigenvalue weighted by Gasteiger charge is -2.09. The molecule has 0 radical (unpaired) electrons. The van der Waals surface area contributed by atoms with Crippen molar-refractivity contribution in [2.75, 3.05) is 10.6 Å². The monoisotopic (exact) mass is 342 g/mol. The minimum Gasteiger partial charge on any atom is -0.354 e. The molecule has 128 valence electrons. The molecule has 26 heavy (non-hydrogen) atoms. The first-order chi connectivity index (χ1) is 12.7. The van der Waals surface area contributed by atoms with Gasteiger partial charge < -0.3 is 10.6 Å². The van der Waals surface area contributed by atoms with E-state index in [9.17, 15) is 4.79 Å². The normalized spacial score (nSPS) is 10.0. The number of pyridine rings is 1. The van der Waals surface area contributed by atoms with Crippen LogP contribution < -0.4 is 10.6 Å². The summed E-state index contributed by atoms with van der Waals surface area (Å²) < 4.78 is 0. The fraction of sp³-hybridized carbons (Fsp3) is 0.0952. The Labute approximate surface area is 152 Å². The number of aromatic nitrogens is 1. The van der Waals surface area contributed by atoms with E-state index in [4.69, 9.17) is 5.26 Å². The van der Waals surface area contributed by atoms with Gasteiger partial charge in [-0.2, -0.15) is 5.26 Å². The second-order valence-corrected chi connectivity index (χ2v) is 5.78. The van der Waals surface area contributed by atoms with Gasteiger partial charge in [0, 0.05) is 17.6 Å². The molecule has 5 nitrogen and oxygen atoms in total. The molecule has 0 atom stereocenters. The Balaban J connectivity index is 1.71. The highest BCUT2D eigenvalue weighted by Gasteiger charge is 2.08. The van der Waals surface area contributed by atoms with Crippen LogP contribution in [0.3, 0.4) is 0 Å². The number of nitrogens with zero attached hydrogens (tertiary/aromatic N) is 2. The Morgan fingerprint density at radius 3 is 2.35 bits per heavy atom. The van der Waals surface area contributed by atoms with E-state index >= 15 is 0 Å². The van der Waals surface area contributed by atoms with Crippen molar-refractivity contribution >= 4 is 23.0 Å². The highest BCUT2D eigenvalue weighted by atomic mass is 16.1. The van der Waals surface area contributed by atoms with Gasteiger partial charge in [0.05, 0.1) is 29.1 Å². The van der Waals surface area contributed by atoms with E-state index in [0.29, 0.717) is 16.8 Å². The van der Waals surface area contributed by atoms with Crippen LogP contribution in [0.2, 0.25) is 0 Å². The van der Waals surface area contributed by atoms with Crippen LogP contribution in [0.15, 0.2) is 67.0 Å². The Morgan fingerprint density at radius 2 is 1.69 bits per heavy atom. The summed E-state index contributed by atoms with van der Waals surface area (Å²) in [6.45, 7) is 2.09. The van der Waals surface area contributed by atoms with Crippen LogP contribution in [-0.4, -0.2) is 10.9 Å². The maximum absolute atomic E-state index is 12.4. The van der Waals surface area contributed by atoms with Gasteiger partial charge in [-0.3, -0.25) is 9.78 Å². The summed E-state index contributed by atoms with van der Waals surface area (Å²) in [4.78, 5) is 16.6. The van der Waals surface area contributed by atoms with Crippen LogP contribution in [-0.2, 0) is 6.42 Å². The van der Waals surface area contributed by atoms with E-state index in [1.54, 1.807) is 36.5 Å². The molecule has 0 saturated heterocycles. The van der Waals surface area contributed by atoms with Crippen molar-refractivity contribution in [2.24, 2.45) is 0 Å². The zero-order valence-electron chi connectivity index (χ0n) is 14.4. The third-order valence-electron chi connectivity index (χ3n) is 3.92. The molecule has 0 aliphatic heterocycles. The molecule has 2 aromatic carbocycles. The molecule has 0 unspecified atom stereocenters. The number of aryl methyl sites for hydroxylation is 1. The van der Waals surface area contributed by atoms with Crippen LogP contribution >= 0.6 is 0 Å². The first-order valence-corrected chi connectivity index (χ1v) is 8.30. The number of benzene rings is 2. The van der Waals surface area contributed by atoms with Crippen LogP contribution in [0, 0.1) is 11.3 Å². The van der Waals surface area contributed by atoms with Gasteiger partial charge in [-0.05, 0) is 54.4 Å². The van der Waals surface area contributed by atoms with Gasteiger partial charge in [0.15, 0.2) is 0 Å². The minimum atomic E-state index is -0.217. The number of hydrogen-bond acceptors (Lipinski definition) is 4. The van der Waals surface area contributed by atoms with E-state index in [2.05, 4.69) is 28.6 Å². The fourth-order valence-electron chi connectivity index (χ4n) is 2.45. The summed E-state index contributed by atoms with van der Waals surface area (Å²) in [6, 6.07) is 18.7. The molecule has 0 spiro atoms. The second-order valence-electron chi connectivity index (χ2n) is 5.78. The maximum Gasteiger partial charge on any atom is 0.257 e. The average Bonchev–Trinajstić information content (AvgIpc) is 2.69. The molecule has 3 aromatic rings. The smallest absolute Gasteiger partial charge is 0.257 e. The molecule has 2 N–H and O–H groups in total. The zero-order chi connectivity index (χ0) is 18.4. The summed E-state index contributed by atoms with van der Waals surface area (Å²) in [6.07, 6.45) is 4.13. The van der Waals surface area contributed by atoms with Gasteiger partial charge in [0.25, 0.3) is 5.91 Å². The van der Waals surface area contributed by atoms with E-state index in [0.717, 1.165) is 17.8 Å². The number of carbonyl (C=O) groups is 1. The lowest BCUT2D eigenvalue weighted by Crippen LogP contribution is -2.12. The zero-order valence-corrected chi connectivity index (χ0v) is 14.4. The third-order valence-corrected chi connectivity index (χ3v) is 3.92. The summed E-state index contributed by atoms with van der Waals surface area (Å²) in [5.74, 6) is -0.217. The lowest BCUT2D eigenvalue weighted by molar-refractivity contribution is 0.102. The topological polar surface area (TPSA) is 77.8 Å². The van der Waals surface area contributed by atoms with Crippen molar-refractivity contribution in [2.45, 2.75) is 13.3 Å². The maximum atomic E-state index is 12.4. The van der Waals surface area contributed by atoms with Crippen molar-refractivity contribution in [1.82, 2.24) is 4.98 Å². The van der Waals surface area contributed by atoms with Crippen molar-refractivity contribution in [3.8, 4) is 6.07 Å². The van der Waals surface area contributed by atoms with Crippen LogP contribution in [0.1, 0.15) is 28.4 Å². The number of carbonyl (C=O) groups excluding carboxylic acids is 1. The first kappa shape index (κ1) is 17.2. The van der Waals surface area contributed by atoms with Crippen LogP contribution in [0.25, 0.3) is 0 Å². The Hall–Kier alpha value is -3.65. The van der Waals surface area contributed by atoms with E-state index < -0.39 is 0 Å². The molecule has 0 aliphatic rings. The van der Waals surface area contributed by atoms with E-state index in [-0.39, 0.29) is 5.91 Å². The SMILES string of the molecule is CCc1ccc(NC(=O)c2cncc(Nc3ccc(C#N)cc3)c2)cc1. The second kappa shape index (κ2) is 7.95. The van der Waals surface area contributed by atoms with Gasteiger partial charge in [-0.1, -0.05) is 19.1 Å². The Morgan fingerprint density at radius 1 is 1.00 bits per heavy atom. The summed E-state index contributed by atoms with van der Waals surface area (Å²) in [7, 11) is 0. The number of rotatable bonds is 5. The van der Waals surface area contributed by atoms with Crippen molar-refractivity contribution in [3.63, 3.8) is 0 Å². The van der Waals surface area contributed by atoms with Gasteiger partial charge in [-0.25, -0.2) is 0 Å². The predicted molar refractivity (Wildman–Crippen MR) is 102 cm³/mol. The number of anilines is 3. The molecule has 3 rings (SSSR count). The Bertz CT molecular complexity index is 941. The van der Waals surface area contributed by atoms with E-state index in [1.807, 2.05) is 24.3 Å². The van der Waals surface area contributed by atoms with Crippen molar-refractivity contribution in [3.05, 3.63) is 83.7 Å². The minimum absolute atomic E-state index is 0.217. The summed E-state index contributed by atoms with van der Waals surface area (Å²) in [5.41, 5.74) is 4.54. The fourth-order valence-corrected chi connectivity index (χ4v) is 2.45. The molecule has 1 aromatic heterocycles. The van der Waals surface area contributed by atoms with Crippen LogP contribution in [0.4, 0.5) is 17.1 Å². The molecule has 0 fully saturated rings. The highest BCUT2D eigenvalue weighted by Crippen LogP contribution is 2.18. The van der Waals surface area contributed by atoms with Crippen LogP contribution in [0.5, 0.6) is 0 Å². The van der Waals surface area contributed by atoms with Gasteiger partial charge in [0.1, 0.15) is 0 Å². The number of hydrogen-bond donors (Lipinski definition) is 2.